The Morgan fingerprint density at radius 3 is 2.48 bits per heavy atom. The first-order chi connectivity index (χ1) is 11.7. The number of benzene rings is 1. The largest absolute Gasteiger partial charge is 0.481 e. The number of carboxylic acid groups (broad SMARTS) is 1. The molecule has 25 heavy (non-hydrogen) atoms. The third-order valence-corrected chi connectivity index (χ3v) is 5.84. The number of piperidine rings is 1. The van der Waals surface area contributed by atoms with E-state index in [2.05, 4.69) is 5.32 Å². The van der Waals surface area contributed by atoms with Gasteiger partial charge in [-0.3, -0.25) is 9.59 Å². The lowest BCUT2D eigenvalue weighted by molar-refractivity contribution is -0.142. The molecule has 0 aliphatic carbocycles. The number of amides is 1. The van der Waals surface area contributed by atoms with E-state index >= 15 is 0 Å². The minimum Gasteiger partial charge on any atom is -0.481 e. The Morgan fingerprint density at radius 2 is 1.92 bits per heavy atom. The van der Waals surface area contributed by atoms with Crippen molar-refractivity contribution < 1.29 is 23.1 Å². The zero-order valence-electron chi connectivity index (χ0n) is 14.4. The molecule has 1 aliphatic heterocycles. The van der Waals surface area contributed by atoms with Crippen LogP contribution in [0.25, 0.3) is 0 Å². The maximum Gasteiger partial charge on any atom is 0.308 e. The van der Waals surface area contributed by atoms with E-state index in [4.69, 9.17) is 0 Å². The highest BCUT2D eigenvalue weighted by Gasteiger charge is 2.33. The summed E-state index contributed by atoms with van der Waals surface area (Å²) in [6, 6.07) is 8.27. The Morgan fingerprint density at radius 1 is 1.28 bits per heavy atom. The van der Waals surface area contributed by atoms with Crippen LogP contribution in [0.2, 0.25) is 0 Å². The summed E-state index contributed by atoms with van der Waals surface area (Å²) in [6.07, 6.45) is 2.32. The summed E-state index contributed by atoms with van der Waals surface area (Å²) >= 11 is 0. The van der Waals surface area contributed by atoms with E-state index in [1.54, 1.807) is 31.2 Å². The number of carbonyl (C=O) groups excluding carboxylic acids is 1. The van der Waals surface area contributed by atoms with Crippen molar-refractivity contribution >= 4 is 21.9 Å². The van der Waals surface area contributed by atoms with Gasteiger partial charge in [0.05, 0.1) is 24.1 Å². The van der Waals surface area contributed by atoms with E-state index in [1.807, 2.05) is 6.07 Å². The molecule has 8 heteroatoms. The molecule has 1 aromatic carbocycles. The summed E-state index contributed by atoms with van der Waals surface area (Å²) < 4.78 is 24.7. The fraction of sp³-hybridized carbons (Fsp3) is 0.529. The van der Waals surface area contributed by atoms with Crippen molar-refractivity contribution in [3.63, 3.8) is 0 Å². The fourth-order valence-corrected chi connectivity index (χ4v) is 3.94. The summed E-state index contributed by atoms with van der Waals surface area (Å²) in [7, 11) is -3.34. The van der Waals surface area contributed by atoms with Gasteiger partial charge in [0, 0.05) is 13.1 Å². The highest BCUT2D eigenvalue weighted by Crippen LogP contribution is 2.25. The van der Waals surface area contributed by atoms with Gasteiger partial charge < -0.3 is 10.4 Å². The Bertz CT molecular complexity index is 720. The van der Waals surface area contributed by atoms with Gasteiger partial charge in [0.1, 0.15) is 0 Å². The predicted octanol–water partition coefficient (Wildman–Crippen LogP) is 1.24. The number of aliphatic carboxylic acids is 1. The standard InChI is InChI=1S/C17H24N2O5S/c1-12(17(21)22)15(13-7-4-3-5-8-13)18-16(20)14-9-6-10-19(11-14)25(2,23)24/h3-5,7-8,12,14-15H,6,9-11H2,1-2H3,(H,18,20)(H,21,22)/t12-,14+,15+/m0/s1. The first-order valence-electron chi connectivity index (χ1n) is 8.23. The summed E-state index contributed by atoms with van der Waals surface area (Å²) in [5.74, 6) is -2.59. The number of nitrogens with one attached hydrogen (secondary N) is 1. The maximum atomic E-state index is 12.7. The topological polar surface area (TPSA) is 104 Å². The minimum atomic E-state index is -3.34. The number of hydrogen-bond acceptors (Lipinski definition) is 4. The van der Waals surface area contributed by atoms with Gasteiger partial charge in [0.25, 0.3) is 0 Å². The van der Waals surface area contributed by atoms with Crippen LogP contribution in [0.3, 0.4) is 0 Å². The van der Waals surface area contributed by atoms with Crippen molar-refractivity contribution in [3.8, 4) is 0 Å². The van der Waals surface area contributed by atoms with Crippen molar-refractivity contribution in [2.24, 2.45) is 11.8 Å². The number of sulfonamides is 1. The van der Waals surface area contributed by atoms with Gasteiger partial charge >= 0.3 is 5.97 Å². The van der Waals surface area contributed by atoms with Gasteiger partial charge in [-0.2, -0.15) is 0 Å². The van der Waals surface area contributed by atoms with Gasteiger partial charge in [0.15, 0.2) is 0 Å². The molecular weight excluding hydrogens is 344 g/mol. The molecule has 7 nitrogen and oxygen atoms in total. The minimum absolute atomic E-state index is 0.133. The predicted molar refractivity (Wildman–Crippen MR) is 93.3 cm³/mol. The van der Waals surface area contributed by atoms with E-state index in [0.717, 1.165) is 6.26 Å². The number of hydrogen-bond donors (Lipinski definition) is 2. The van der Waals surface area contributed by atoms with Crippen molar-refractivity contribution in [3.05, 3.63) is 35.9 Å². The van der Waals surface area contributed by atoms with Crippen LogP contribution in [0.5, 0.6) is 0 Å². The van der Waals surface area contributed by atoms with Crippen LogP contribution in [-0.4, -0.2) is 49.1 Å². The van der Waals surface area contributed by atoms with Crippen LogP contribution in [0.4, 0.5) is 0 Å². The summed E-state index contributed by atoms with van der Waals surface area (Å²) in [5, 5.41) is 12.2. The van der Waals surface area contributed by atoms with Crippen LogP contribution in [0.1, 0.15) is 31.4 Å². The van der Waals surface area contributed by atoms with Crippen LogP contribution in [0, 0.1) is 11.8 Å². The lowest BCUT2D eigenvalue weighted by Crippen LogP contribution is -2.46. The smallest absolute Gasteiger partial charge is 0.308 e. The van der Waals surface area contributed by atoms with Crippen molar-refractivity contribution in [1.29, 1.82) is 0 Å². The molecule has 0 aromatic heterocycles. The van der Waals surface area contributed by atoms with Crippen LogP contribution in [0.15, 0.2) is 30.3 Å². The third kappa shape index (κ3) is 5.02. The van der Waals surface area contributed by atoms with E-state index in [9.17, 15) is 23.1 Å². The quantitative estimate of drug-likeness (QED) is 0.786. The molecule has 0 radical (unpaired) electrons. The second kappa shape index (κ2) is 7.97. The Hall–Kier alpha value is -1.93. The fourth-order valence-electron chi connectivity index (χ4n) is 3.03. The molecule has 0 unspecified atom stereocenters. The molecular formula is C17H24N2O5S. The lowest BCUT2D eigenvalue weighted by Gasteiger charge is -2.32. The third-order valence-electron chi connectivity index (χ3n) is 4.57. The zero-order valence-corrected chi connectivity index (χ0v) is 15.2. The second-order valence-electron chi connectivity index (χ2n) is 6.48. The Kier molecular flexibility index (Phi) is 6.18. The van der Waals surface area contributed by atoms with Crippen LogP contribution in [-0.2, 0) is 19.6 Å². The molecule has 1 aromatic rings. The number of carbonyl (C=O) groups is 2. The number of rotatable bonds is 6. The normalized spacial score (nSPS) is 21.3. The molecule has 1 amide bonds. The molecule has 138 valence electrons. The highest BCUT2D eigenvalue weighted by molar-refractivity contribution is 7.88. The molecule has 2 rings (SSSR count). The van der Waals surface area contributed by atoms with Crippen molar-refractivity contribution in [1.82, 2.24) is 9.62 Å². The molecule has 2 N–H and O–H groups in total. The lowest BCUT2D eigenvalue weighted by atomic mass is 9.92. The van der Waals surface area contributed by atoms with Gasteiger partial charge in [-0.05, 0) is 25.3 Å². The molecule has 1 saturated heterocycles. The van der Waals surface area contributed by atoms with Crippen LogP contribution < -0.4 is 5.32 Å². The maximum absolute atomic E-state index is 12.7. The van der Waals surface area contributed by atoms with Crippen molar-refractivity contribution in [2.45, 2.75) is 25.8 Å². The van der Waals surface area contributed by atoms with Gasteiger partial charge in [-0.15, -0.1) is 0 Å². The van der Waals surface area contributed by atoms with Crippen molar-refractivity contribution in [2.75, 3.05) is 19.3 Å². The molecule has 1 heterocycles. The van der Waals surface area contributed by atoms with E-state index in [1.165, 1.54) is 4.31 Å². The van der Waals surface area contributed by atoms with Gasteiger partial charge in [0.2, 0.25) is 15.9 Å². The Labute approximate surface area is 148 Å². The van der Waals surface area contributed by atoms with E-state index in [0.29, 0.717) is 24.9 Å². The average Bonchev–Trinajstić information content (AvgIpc) is 2.59. The Balaban J connectivity index is 2.15. The molecule has 0 saturated carbocycles. The summed E-state index contributed by atoms with van der Waals surface area (Å²) in [5.41, 5.74) is 0.710. The molecule has 1 fully saturated rings. The monoisotopic (exact) mass is 368 g/mol. The molecule has 3 atom stereocenters. The number of carboxylic acids is 1. The molecule has 0 spiro atoms. The first kappa shape index (κ1) is 19.4. The SMILES string of the molecule is C[C@H](C(=O)O)[C@@H](NC(=O)[C@@H]1CCCN(S(C)(=O)=O)C1)c1ccccc1. The van der Waals surface area contributed by atoms with Gasteiger partial charge in [-0.25, -0.2) is 12.7 Å². The van der Waals surface area contributed by atoms with Crippen LogP contribution >= 0.6 is 0 Å². The average molecular weight is 368 g/mol. The summed E-state index contributed by atoms with van der Waals surface area (Å²) in [6.45, 7) is 2.09. The zero-order chi connectivity index (χ0) is 18.6. The number of nitrogens with zero attached hydrogens (tertiary/aromatic N) is 1. The first-order valence-corrected chi connectivity index (χ1v) is 10.1. The summed E-state index contributed by atoms with van der Waals surface area (Å²) in [4.78, 5) is 24.1. The second-order valence-corrected chi connectivity index (χ2v) is 8.47. The van der Waals surface area contributed by atoms with E-state index in [-0.39, 0.29) is 12.5 Å². The molecule has 1 aliphatic rings. The van der Waals surface area contributed by atoms with Gasteiger partial charge in [-0.1, -0.05) is 30.3 Å². The van der Waals surface area contributed by atoms with E-state index < -0.39 is 33.9 Å². The molecule has 0 bridgehead atoms. The highest BCUT2D eigenvalue weighted by atomic mass is 32.2.